The SMILES string of the molecule is CC[C@H](C)NC(=O)[C@H](Cc1ccccc1)N(Cc1cccc(OC)c1)C(=O)CN(c1ccc(Cl)c(Cl)c1)S(C)(=O)=O. The second kappa shape index (κ2) is 14.6. The fourth-order valence-electron chi connectivity index (χ4n) is 4.22. The highest BCUT2D eigenvalue weighted by Gasteiger charge is 2.33. The molecule has 11 heteroatoms. The van der Waals surface area contributed by atoms with Gasteiger partial charge in [0.2, 0.25) is 21.8 Å². The van der Waals surface area contributed by atoms with Crippen molar-refractivity contribution in [3.63, 3.8) is 0 Å². The Morgan fingerprint density at radius 1 is 0.951 bits per heavy atom. The first-order chi connectivity index (χ1) is 19.4. The van der Waals surface area contributed by atoms with Crippen LogP contribution in [0.1, 0.15) is 31.4 Å². The van der Waals surface area contributed by atoms with Crippen LogP contribution in [0.15, 0.2) is 72.8 Å². The first-order valence-electron chi connectivity index (χ1n) is 13.1. The van der Waals surface area contributed by atoms with E-state index in [0.717, 1.165) is 16.1 Å². The number of ether oxygens (including phenoxy) is 1. The van der Waals surface area contributed by atoms with Gasteiger partial charge in [0, 0.05) is 19.0 Å². The number of hydrogen-bond acceptors (Lipinski definition) is 5. The van der Waals surface area contributed by atoms with Crippen molar-refractivity contribution in [1.82, 2.24) is 10.2 Å². The van der Waals surface area contributed by atoms with Gasteiger partial charge in [0.1, 0.15) is 18.3 Å². The Balaban J connectivity index is 2.08. The van der Waals surface area contributed by atoms with Crippen LogP contribution in [-0.4, -0.2) is 57.1 Å². The lowest BCUT2D eigenvalue weighted by atomic mass is 10.0. The van der Waals surface area contributed by atoms with E-state index in [4.69, 9.17) is 27.9 Å². The zero-order valence-electron chi connectivity index (χ0n) is 23.5. The summed E-state index contributed by atoms with van der Waals surface area (Å²) in [5, 5.41) is 3.40. The largest absolute Gasteiger partial charge is 0.497 e. The second-order valence-corrected chi connectivity index (χ2v) is 12.5. The molecule has 0 aliphatic heterocycles. The quantitative estimate of drug-likeness (QED) is 0.279. The molecule has 0 fully saturated rings. The summed E-state index contributed by atoms with van der Waals surface area (Å²) in [6, 6.07) is 19.8. The molecule has 0 aliphatic rings. The van der Waals surface area contributed by atoms with Crippen molar-refractivity contribution in [3.8, 4) is 5.75 Å². The molecule has 0 unspecified atom stereocenters. The molecule has 0 radical (unpaired) electrons. The van der Waals surface area contributed by atoms with Crippen molar-refractivity contribution in [3.05, 3.63) is 94.0 Å². The summed E-state index contributed by atoms with van der Waals surface area (Å²) in [6.45, 7) is 3.34. The zero-order chi connectivity index (χ0) is 30.2. The minimum Gasteiger partial charge on any atom is -0.497 e. The monoisotopic (exact) mass is 619 g/mol. The van der Waals surface area contributed by atoms with Crippen LogP contribution in [0, 0.1) is 0 Å². The third-order valence-electron chi connectivity index (χ3n) is 6.63. The van der Waals surface area contributed by atoms with Crippen LogP contribution in [0.2, 0.25) is 10.0 Å². The van der Waals surface area contributed by atoms with Crippen molar-refractivity contribution >= 4 is 50.7 Å². The molecule has 3 aromatic rings. The normalized spacial score (nSPS) is 12.7. The van der Waals surface area contributed by atoms with Crippen molar-refractivity contribution in [2.24, 2.45) is 0 Å². The van der Waals surface area contributed by atoms with Crippen molar-refractivity contribution in [1.29, 1.82) is 0 Å². The molecule has 0 aromatic heterocycles. The Hall–Kier alpha value is -3.27. The predicted molar refractivity (Wildman–Crippen MR) is 164 cm³/mol. The number of carbonyl (C=O) groups is 2. The number of amides is 2. The molecule has 0 heterocycles. The molecule has 0 saturated heterocycles. The average molecular weight is 621 g/mol. The molecule has 8 nitrogen and oxygen atoms in total. The lowest BCUT2D eigenvalue weighted by Crippen LogP contribution is -2.54. The standard InChI is InChI=1S/C30H35Cl2N3O5S/c1-5-21(2)33-30(37)28(17-22-10-7-6-8-11-22)34(19-23-12-9-13-25(16-23)40-3)29(36)20-35(41(4,38)39)24-14-15-26(31)27(32)18-24/h6-16,18,21,28H,5,17,19-20H2,1-4H3,(H,33,37)/t21-,28-/m0/s1. The molecule has 0 aliphatic carbocycles. The van der Waals surface area contributed by atoms with E-state index in [1.165, 1.54) is 23.1 Å². The number of benzene rings is 3. The molecule has 220 valence electrons. The number of anilines is 1. The first kappa shape index (κ1) is 32.2. The van der Waals surface area contributed by atoms with Gasteiger partial charge in [0.05, 0.1) is 29.1 Å². The molecule has 2 amide bonds. The minimum atomic E-state index is -3.92. The molecule has 1 N–H and O–H groups in total. The summed E-state index contributed by atoms with van der Waals surface area (Å²) in [6.07, 6.45) is 1.93. The number of sulfonamides is 1. The molecule has 0 bridgehead atoms. The number of halogens is 2. The number of nitrogens with one attached hydrogen (secondary N) is 1. The van der Waals surface area contributed by atoms with Gasteiger partial charge in [-0.3, -0.25) is 13.9 Å². The van der Waals surface area contributed by atoms with Crippen LogP contribution >= 0.6 is 23.2 Å². The minimum absolute atomic E-state index is 0.0421. The van der Waals surface area contributed by atoms with E-state index in [2.05, 4.69) is 5.32 Å². The van der Waals surface area contributed by atoms with E-state index in [1.54, 1.807) is 25.3 Å². The fraction of sp³-hybridized carbons (Fsp3) is 0.333. The summed E-state index contributed by atoms with van der Waals surface area (Å²) in [5.41, 5.74) is 1.75. The maximum absolute atomic E-state index is 14.1. The van der Waals surface area contributed by atoms with E-state index in [9.17, 15) is 18.0 Å². The average Bonchev–Trinajstić information content (AvgIpc) is 2.94. The molecule has 41 heavy (non-hydrogen) atoms. The van der Waals surface area contributed by atoms with Gasteiger partial charge in [-0.2, -0.15) is 0 Å². The van der Waals surface area contributed by atoms with Gasteiger partial charge in [-0.05, 0) is 54.8 Å². The summed E-state index contributed by atoms with van der Waals surface area (Å²) < 4.78 is 32.1. The van der Waals surface area contributed by atoms with Gasteiger partial charge >= 0.3 is 0 Å². The van der Waals surface area contributed by atoms with Crippen molar-refractivity contribution in [2.45, 2.75) is 45.3 Å². The Labute approximate surface area is 252 Å². The third-order valence-corrected chi connectivity index (χ3v) is 8.51. The highest BCUT2D eigenvalue weighted by Crippen LogP contribution is 2.29. The predicted octanol–water partition coefficient (Wildman–Crippen LogP) is 5.32. The Kier molecular flexibility index (Phi) is 11.5. The lowest BCUT2D eigenvalue weighted by molar-refractivity contribution is -0.140. The smallest absolute Gasteiger partial charge is 0.244 e. The van der Waals surface area contributed by atoms with Crippen molar-refractivity contribution < 1.29 is 22.7 Å². The second-order valence-electron chi connectivity index (χ2n) is 9.76. The zero-order valence-corrected chi connectivity index (χ0v) is 25.8. The van der Waals surface area contributed by atoms with Gasteiger partial charge in [0.15, 0.2) is 0 Å². The van der Waals surface area contributed by atoms with Gasteiger partial charge in [-0.15, -0.1) is 0 Å². The highest BCUT2D eigenvalue weighted by atomic mass is 35.5. The van der Waals surface area contributed by atoms with E-state index in [-0.39, 0.29) is 40.6 Å². The molecular weight excluding hydrogens is 585 g/mol. The Morgan fingerprint density at radius 2 is 1.63 bits per heavy atom. The van der Waals surface area contributed by atoms with Crippen LogP contribution < -0.4 is 14.4 Å². The number of nitrogens with zero attached hydrogens (tertiary/aromatic N) is 2. The number of rotatable bonds is 13. The van der Waals surface area contributed by atoms with Gasteiger partial charge < -0.3 is 15.0 Å². The summed E-state index contributed by atoms with van der Waals surface area (Å²) in [7, 11) is -2.38. The molecule has 0 spiro atoms. The van der Waals surface area contributed by atoms with E-state index < -0.39 is 28.5 Å². The van der Waals surface area contributed by atoms with Gasteiger partial charge in [-0.1, -0.05) is 72.6 Å². The van der Waals surface area contributed by atoms with Crippen LogP contribution in [0.3, 0.4) is 0 Å². The van der Waals surface area contributed by atoms with Crippen LogP contribution in [0.25, 0.3) is 0 Å². The highest BCUT2D eigenvalue weighted by molar-refractivity contribution is 7.92. The maximum atomic E-state index is 14.1. The van der Waals surface area contributed by atoms with Crippen LogP contribution in [0.4, 0.5) is 5.69 Å². The Morgan fingerprint density at radius 3 is 2.24 bits per heavy atom. The molecule has 0 saturated carbocycles. The topological polar surface area (TPSA) is 96.0 Å². The number of hydrogen-bond donors (Lipinski definition) is 1. The van der Waals surface area contributed by atoms with Gasteiger partial charge in [-0.25, -0.2) is 8.42 Å². The molecule has 2 atom stereocenters. The first-order valence-corrected chi connectivity index (χ1v) is 15.7. The maximum Gasteiger partial charge on any atom is 0.244 e. The molecule has 3 aromatic carbocycles. The van der Waals surface area contributed by atoms with E-state index in [0.29, 0.717) is 17.7 Å². The van der Waals surface area contributed by atoms with Crippen LogP contribution in [-0.2, 0) is 32.6 Å². The lowest BCUT2D eigenvalue weighted by Gasteiger charge is -2.34. The molecule has 3 rings (SSSR count). The van der Waals surface area contributed by atoms with Crippen LogP contribution in [0.5, 0.6) is 5.75 Å². The van der Waals surface area contributed by atoms with E-state index in [1.807, 2.05) is 50.2 Å². The fourth-order valence-corrected chi connectivity index (χ4v) is 5.35. The number of carbonyl (C=O) groups excluding carboxylic acids is 2. The van der Waals surface area contributed by atoms with E-state index >= 15 is 0 Å². The Bertz CT molecular complexity index is 1450. The summed E-state index contributed by atoms with van der Waals surface area (Å²) in [4.78, 5) is 29.3. The van der Waals surface area contributed by atoms with Gasteiger partial charge in [0.25, 0.3) is 0 Å². The summed E-state index contributed by atoms with van der Waals surface area (Å²) >= 11 is 12.2. The molecular formula is C30H35Cl2N3O5S. The van der Waals surface area contributed by atoms with Crippen molar-refractivity contribution in [2.75, 3.05) is 24.2 Å². The third kappa shape index (κ3) is 9.11. The summed E-state index contributed by atoms with van der Waals surface area (Å²) in [5.74, 6) is -0.309. The number of methoxy groups -OCH3 is 1.